The van der Waals surface area contributed by atoms with Gasteiger partial charge in [-0.2, -0.15) is 0 Å². The monoisotopic (exact) mass is 251 g/mol. The molecule has 1 heterocycles. The van der Waals surface area contributed by atoms with Crippen LogP contribution >= 0.6 is 0 Å². The highest BCUT2D eigenvalue weighted by Gasteiger charge is 2.49. The number of rotatable bonds is 1. The zero-order chi connectivity index (χ0) is 13.4. The lowest BCUT2D eigenvalue weighted by molar-refractivity contribution is -0.00412. The Labute approximate surface area is 99.5 Å². The molecule has 4 nitrogen and oxygen atoms in total. The van der Waals surface area contributed by atoms with Gasteiger partial charge in [-0.05, 0) is 27.7 Å². The van der Waals surface area contributed by atoms with Crippen molar-refractivity contribution in [1.82, 2.24) is 4.90 Å². The highest BCUT2D eigenvalue weighted by Crippen LogP contribution is 2.34. The van der Waals surface area contributed by atoms with Crippen LogP contribution in [0.25, 0.3) is 0 Å². The zero-order valence-electron chi connectivity index (χ0n) is 10.5. The van der Waals surface area contributed by atoms with E-state index in [2.05, 4.69) is 0 Å². The third-order valence-corrected chi connectivity index (χ3v) is 2.49. The molecule has 100 valence electrons. The molecule has 0 aromatic rings. The van der Waals surface area contributed by atoms with Gasteiger partial charge in [0.1, 0.15) is 5.60 Å². The van der Waals surface area contributed by atoms with Crippen LogP contribution in [-0.2, 0) is 4.74 Å². The first-order valence-electron chi connectivity index (χ1n) is 5.57. The molecule has 1 aliphatic heterocycles. The summed E-state index contributed by atoms with van der Waals surface area (Å²) < 4.78 is 31.5. The molecule has 0 spiro atoms. The number of amides is 1. The number of ether oxygens (including phenoxy) is 1. The predicted octanol–water partition coefficient (Wildman–Crippen LogP) is 2.01. The normalized spacial score (nSPS) is 25.8. The fourth-order valence-corrected chi connectivity index (χ4v) is 1.80. The van der Waals surface area contributed by atoms with Crippen LogP contribution in [-0.4, -0.2) is 46.3 Å². The van der Waals surface area contributed by atoms with Crippen molar-refractivity contribution in [2.24, 2.45) is 0 Å². The third-order valence-electron chi connectivity index (χ3n) is 2.49. The van der Waals surface area contributed by atoms with Crippen LogP contribution in [0.4, 0.5) is 13.6 Å². The number of halogens is 2. The van der Waals surface area contributed by atoms with Gasteiger partial charge in [0, 0.05) is 6.42 Å². The van der Waals surface area contributed by atoms with Gasteiger partial charge < -0.3 is 9.84 Å². The topological polar surface area (TPSA) is 49.8 Å². The first-order valence-corrected chi connectivity index (χ1v) is 5.57. The Balaban J connectivity index is 2.77. The average molecular weight is 251 g/mol. The maximum atomic E-state index is 13.2. The van der Waals surface area contributed by atoms with Crippen LogP contribution in [0.2, 0.25) is 0 Å². The Morgan fingerprint density at radius 2 is 2.06 bits per heavy atom. The van der Waals surface area contributed by atoms with E-state index in [4.69, 9.17) is 4.74 Å². The second-order valence-electron chi connectivity index (χ2n) is 5.48. The van der Waals surface area contributed by atoms with Crippen molar-refractivity contribution < 1.29 is 23.4 Å². The number of likely N-dealkylation sites (tertiary alicyclic amines) is 1. The van der Waals surface area contributed by atoms with Crippen molar-refractivity contribution in [1.29, 1.82) is 0 Å². The van der Waals surface area contributed by atoms with E-state index in [-0.39, 0.29) is 0 Å². The van der Waals surface area contributed by atoms with E-state index in [1.165, 1.54) is 6.92 Å². The predicted molar refractivity (Wildman–Crippen MR) is 58.0 cm³/mol. The standard InChI is InChI=1S/C11H19F2NO3/c1-7(15)8-5-11(12,13)6-14(8)9(16)17-10(2,3)4/h7-8,15H,5-6H2,1-4H3/t7-,8-/m0/s1. The molecule has 17 heavy (non-hydrogen) atoms. The van der Waals surface area contributed by atoms with Gasteiger partial charge in [0.25, 0.3) is 5.92 Å². The number of aliphatic hydroxyl groups excluding tert-OH is 1. The number of alkyl halides is 2. The number of nitrogens with zero attached hydrogens (tertiary/aromatic N) is 1. The molecule has 0 aliphatic carbocycles. The lowest BCUT2D eigenvalue weighted by Gasteiger charge is -2.29. The molecule has 0 bridgehead atoms. The Morgan fingerprint density at radius 1 is 1.53 bits per heavy atom. The molecule has 1 rings (SSSR count). The minimum absolute atomic E-state index is 0.524. The minimum Gasteiger partial charge on any atom is -0.444 e. The average Bonchev–Trinajstić information content (AvgIpc) is 2.38. The Morgan fingerprint density at radius 3 is 2.47 bits per heavy atom. The van der Waals surface area contributed by atoms with Gasteiger partial charge in [-0.3, -0.25) is 4.90 Å². The summed E-state index contributed by atoms with van der Waals surface area (Å²) in [5.41, 5.74) is -0.738. The highest BCUT2D eigenvalue weighted by molar-refractivity contribution is 5.69. The third kappa shape index (κ3) is 3.80. The first kappa shape index (κ1) is 14.2. The summed E-state index contributed by atoms with van der Waals surface area (Å²) in [7, 11) is 0. The van der Waals surface area contributed by atoms with Crippen molar-refractivity contribution in [3.8, 4) is 0 Å². The van der Waals surface area contributed by atoms with E-state index in [9.17, 15) is 18.7 Å². The summed E-state index contributed by atoms with van der Waals surface area (Å²) in [5, 5.41) is 9.42. The van der Waals surface area contributed by atoms with E-state index < -0.39 is 42.7 Å². The van der Waals surface area contributed by atoms with E-state index in [1.807, 2.05) is 0 Å². The highest BCUT2D eigenvalue weighted by atomic mass is 19.3. The molecule has 1 fully saturated rings. The summed E-state index contributed by atoms with van der Waals surface area (Å²) in [4.78, 5) is 12.6. The SMILES string of the molecule is C[C@H](O)[C@@H]1CC(F)(F)CN1C(=O)OC(C)(C)C. The van der Waals surface area contributed by atoms with Crippen molar-refractivity contribution in [3.63, 3.8) is 0 Å². The lowest BCUT2D eigenvalue weighted by Crippen LogP contribution is -2.44. The fraction of sp³-hybridized carbons (Fsp3) is 0.909. The Hall–Kier alpha value is -0.910. The number of carbonyl (C=O) groups excluding carboxylic acids is 1. The molecule has 6 heteroatoms. The molecule has 0 radical (unpaired) electrons. The molecule has 0 aromatic heterocycles. The van der Waals surface area contributed by atoms with Crippen molar-refractivity contribution in [3.05, 3.63) is 0 Å². The smallest absolute Gasteiger partial charge is 0.410 e. The van der Waals surface area contributed by atoms with Crippen LogP contribution in [0, 0.1) is 0 Å². The minimum atomic E-state index is -2.96. The van der Waals surface area contributed by atoms with E-state index >= 15 is 0 Å². The summed E-state index contributed by atoms with van der Waals surface area (Å²) in [6.07, 6.45) is -2.33. The molecule has 2 atom stereocenters. The van der Waals surface area contributed by atoms with E-state index in [0.717, 1.165) is 4.90 Å². The second kappa shape index (κ2) is 4.40. The van der Waals surface area contributed by atoms with Gasteiger partial charge >= 0.3 is 6.09 Å². The number of hydrogen-bond acceptors (Lipinski definition) is 3. The largest absolute Gasteiger partial charge is 0.444 e. The quantitative estimate of drug-likeness (QED) is 0.775. The summed E-state index contributed by atoms with van der Waals surface area (Å²) >= 11 is 0. The van der Waals surface area contributed by atoms with Gasteiger partial charge in [-0.1, -0.05) is 0 Å². The van der Waals surface area contributed by atoms with Gasteiger partial charge in [0.15, 0.2) is 0 Å². The first-order chi connectivity index (χ1) is 7.52. The molecular weight excluding hydrogens is 232 g/mol. The van der Waals surface area contributed by atoms with Gasteiger partial charge in [-0.15, -0.1) is 0 Å². The van der Waals surface area contributed by atoms with Gasteiger partial charge in [0.05, 0.1) is 18.7 Å². The maximum absolute atomic E-state index is 13.2. The molecule has 1 saturated heterocycles. The molecule has 0 aromatic carbocycles. The van der Waals surface area contributed by atoms with E-state index in [1.54, 1.807) is 20.8 Å². The lowest BCUT2D eigenvalue weighted by atomic mass is 10.1. The van der Waals surface area contributed by atoms with Crippen LogP contribution < -0.4 is 0 Å². The van der Waals surface area contributed by atoms with Gasteiger partial charge in [0.2, 0.25) is 0 Å². The van der Waals surface area contributed by atoms with Crippen LogP contribution in [0.1, 0.15) is 34.1 Å². The van der Waals surface area contributed by atoms with Crippen LogP contribution in [0.5, 0.6) is 0 Å². The summed E-state index contributed by atoms with van der Waals surface area (Å²) in [6.45, 7) is 5.68. The number of aliphatic hydroxyl groups is 1. The molecule has 1 amide bonds. The Kier molecular flexibility index (Phi) is 3.66. The zero-order valence-corrected chi connectivity index (χ0v) is 10.5. The molecule has 0 saturated carbocycles. The van der Waals surface area contributed by atoms with Crippen molar-refractivity contribution in [2.75, 3.05) is 6.54 Å². The summed E-state index contributed by atoms with van der Waals surface area (Å²) in [5.74, 6) is -2.96. The van der Waals surface area contributed by atoms with E-state index in [0.29, 0.717) is 0 Å². The summed E-state index contributed by atoms with van der Waals surface area (Å²) in [6, 6.07) is -0.889. The number of hydrogen-bond donors (Lipinski definition) is 1. The second-order valence-corrected chi connectivity index (χ2v) is 5.48. The molecular formula is C11H19F2NO3. The molecule has 1 aliphatic rings. The molecule has 0 unspecified atom stereocenters. The van der Waals surface area contributed by atoms with Crippen LogP contribution in [0.3, 0.4) is 0 Å². The van der Waals surface area contributed by atoms with Crippen molar-refractivity contribution >= 4 is 6.09 Å². The van der Waals surface area contributed by atoms with Gasteiger partial charge in [-0.25, -0.2) is 13.6 Å². The van der Waals surface area contributed by atoms with Crippen LogP contribution in [0.15, 0.2) is 0 Å². The number of carbonyl (C=O) groups is 1. The molecule has 1 N–H and O–H groups in total. The van der Waals surface area contributed by atoms with Crippen molar-refractivity contribution in [2.45, 2.75) is 57.8 Å². The maximum Gasteiger partial charge on any atom is 0.410 e. The fourth-order valence-electron chi connectivity index (χ4n) is 1.80. The Bertz CT molecular complexity index is 300.